The second-order valence-electron chi connectivity index (χ2n) is 26.7. The lowest BCUT2D eigenvalue weighted by atomic mass is 9.78. The van der Waals surface area contributed by atoms with E-state index in [0.717, 1.165) is 14.7 Å². The molecule has 11 amide bonds. The summed E-state index contributed by atoms with van der Waals surface area (Å²) in [5.41, 5.74) is -1.49. The van der Waals surface area contributed by atoms with Crippen LogP contribution in [0.1, 0.15) is 164 Å². The molecule has 504 valence electrons. The highest BCUT2D eigenvalue weighted by molar-refractivity contribution is 6.20. The van der Waals surface area contributed by atoms with Crippen LogP contribution in [0.5, 0.6) is 0 Å². The molecule has 3 unspecified atom stereocenters. The van der Waals surface area contributed by atoms with Crippen molar-refractivity contribution in [2.24, 2.45) is 29.6 Å². The van der Waals surface area contributed by atoms with E-state index in [9.17, 15) is 65.5 Å². The van der Waals surface area contributed by atoms with Gasteiger partial charge in [0.15, 0.2) is 0 Å². The summed E-state index contributed by atoms with van der Waals surface area (Å²) in [6, 6.07) is -9.22. The quantitative estimate of drug-likeness (QED) is 0.194. The molecule has 22 nitrogen and oxygen atoms in total. The highest BCUT2D eigenvalue weighted by atomic mass is 35.5. The highest BCUT2D eigenvalue weighted by Crippen LogP contribution is 2.44. The zero-order chi connectivity index (χ0) is 66.7. The lowest BCUT2D eigenvalue weighted by Crippen LogP contribution is -2.64. The molecule has 5 aliphatic rings. The average Bonchev–Trinajstić information content (AvgIpc) is 2.24. The molecule has 0 radical (unpaired) electrons. The molecule has 0 aromatic heterocycles. The van der Waals surface area contributed by atoms with Gasteiger partial charge in [0.1, 0.15) is 54.0 Å². The fraction of sp³-hybridized carbons (Fsp3) is 0.823. The Morgan fingerprint density at radius 1 is 0.618 bits per heavy atom. The number of fused-ring (bicyclic) bond motifs is 1. The number of halogens is 5. The summed E-state index contributed by atoms with van der Waals surface area (Å²) in [6.45, 7) is 10.5. The molecule has 27 heteroatoms. The molecule has 2 saturated heterocycles. The van der Waals surface area contributed by atoms with Gasteiger partial charge in [0, 0.05) is 66.7 Å². The summed E-state index contributed by atoms with van der Waals surface area (Å²) >= 11 is 6.35. The number of amides is 11. The maximum Gasteiger partial charge on any atom is 0.393 e. The van der Waals surface area contributed by atoms with Crippen molar-refractivity contribution in [3.05, 3.63) is 0 Å². The number of carbonyl (C=O) groups excluding carboxylic acids is 11. The molecule has 0 aromatic carbocycles. The van der Waals surface area contributed by atoms with Gasteiger partial charge in [-0.05, 0) is 134 Å². The van der Waals surface area contributed by atoms with Gasteiger partial charge in [-0.15, -0.1) is 11.6 Å². The Morgan fingerprint density at radius 2 is 1.20 bits per heavy atom. The summed E-state index contributed by atoms with van der Waals surface area (Å²) in [5, 5.41) is 10.2. The van der Waals surface area contributed by atoms with Crippen molar-refractivity contribution in [2.45, 2.75) is 236 Å². The van der Waals surface area contributed by atoms with Crippen molar-refractivity contribution < 1.29 is 70.3 Å². The zero-order valence-electron chi connectivity index (χ0n) is 54.5. The van der Waals surface area contributed by atoms with Crippen LogP contribution in [0.15, 0.2) is 0 Å². The fourth-order valence-electron chi connectivity index (χ4n) is 13.4. The van der Waals surface area contributed by atoms with Crippen LogP contribution in [0.4, 0.5) is 17.6 Å². The van der Waals surface area contributed by atoms with Crippen molar-refractivity contribution in [1.29, 1.82) is 0 Å². The minimum absolute atomic E-state index is 0.0104. The number of carbonyl (C=O) groups is 11. The third-order valence-corrected chi connectivity index (χ3v) is 20.3. The van der Waals surface area contributed by atoms with Crippen molar-refractivity contribution in [1.82, 2.24) is 55.6 Å². The van der Waals surface area contributed by atoms with Crippen molar-refractivity contribution >= 4 is 76.6 Å². The normalized spacial score (nSPS) is 32.3. The molecular formula is C62H100ClF4N11O11. The van der Waals surface area contributed by atoms with E-state index >= 15 is 4.79 Å². The predicted molar refractivity (Wildman–Crippen MR) is 325 cm³/mol. The molecule has 0 bridgehead atoms. The summed E-state index contributed by atoms with van der Waals surface area (Å²) < 4.78 is 56.2. The molecule has 4 N–H and O–H groups in total. The molecule has 0 aromatic rings. The van der Waals surface area contributed by atoms with Crippen LogP contribution in [0, 0.1) is 29.6 Å². The predicted octanol–water partition coefficient (Wildman–Crippen LogP) is 4.54. The van der Waals surface area contributed by atoms with E-state index in [1.165, 1.54) is 75.7 Å². The molecular weight excluding hydrogens is 1190 g/mol. The SMILES string of the molecule is CC[C@H](C)[C@@H]1NC(=O)[C@H](C)N(C)C(=O)C[C@@H](C)NC(=O)[C@H](C(C)C)N(C)C(=O)C2(CCCC2)NC(=O)[C@@H]2CCCN2C(=O)[C@H](CCC2CCC(C(F)(F)F)C(Cl)C2)NC(=O)[C@@H](C)N(C)C(=O)[C@H](CC2CCC(F)CC2)N(C)C(=O)CN(C)C(=O)CN(C)C1=O. The average molecular weight is 1290 g/mol. The minimum atomic E-state index is -4.51. The number of hydrogen-bond acceptors (Lipinski definition) is 11. The lowest BCUT2D eigenvalue weighted by molar-refractivity contribution is -0.182. The number of nitrogens with zero attached hydrogens (tertiary/aromatic N) is 7. The number of rotatable bonds is 8. The van der Waals surface area contributed by atoms with Crippen LogP contribution in [-0.4, -0.2) is 233 Å². The van der Waals surface area contributed by atoms with Crippen molar-refractivity contribution in [2.75, 3.05) is 61.9 Å². The Kier molecular flexibility index (Phi) is 26.5. The molecule has 12 atom stereocenters. The van der Waals surface area contributed by atoms with Gasteiger partial charge in [0.05, 0.1) is 19.0 Å². The van der Waals surface area contributed by atoms with E-state index in [4.69, 9.17) is 11.6 Å². The van der Waals surface area contributed by atoms with E-state index in [-0.39, 0.29) is 95.4 Å². The topological polar surface area (TPSA) is 259 Å². The first-order chi connectivity index (χ1) is 41.5. The van der Waals surface area contributed by atoms with Crippen LogP contribution in [-0.2, 0) is 52.7 Å². The van der Waals surface area contributed by atoms with Crippen molar-refractivity contribution in [3.8, 4) is 0 Å². The van der Waals surface area contributed by atoms with Gasteiger partial charge in [-0.2, -0.15) is 13.2 Å². The second kappa shape index (κ2) is 32.0. The van der Waals surface area contributed by atoms with Gasteiger partial charge in [0.25, 0.3) is 0 Å². The third kappa shape index (κ3) is 18.7. The third-order valence-electron chi connectivity index (χ3n) is 19.8. The van der Waals surface area contributed by atoms with Gasteiger partial charge in [-0.1, -0.05) is 47.0 Å². The lowest BCUT2D eigenvalue weighted by Gasteiger charge is -2.39. The maximum atomic E-state index is 15.1. The van der Waals surface area contributed by atoms with E-state index in [1.807, 2.05) is 6.92 Å². The second-order valence-corrected chi connectivity index (χ2v) is 27.2. The molecule has 3 aliphatic carbocycles. The van der Waals surface area contributed by atoms with Crippen LogP contribution in [0.2, 0.25) is 0 Å². The van der Waals surface area contributed by atoms with E-state index in [1.54, 1.807) is 27.7 Å². The fourth-order valence-corrected chi connectivity index (χ4v) is 13.9. The summed E-state index contributed by atoms with van der Waals surface area (Å²) in [4.78, 5) is 167. The number of hydrogen-bond donors (Lipinski definition) is 4. The molecule has 2 heterocycles. The summed E-state index contributed by atoms with van der Waals surface area (Å²) in [5.74, 6) is -10.3. The molecule has 3 saturated carbocycles. The summed E-state index contributed by atoms with van der Waals surface area (Å²) in [6.07, 6.45) is -2.02. The Morgan fingerprint density at radius 3 is 1.79 bits per heavy atom. The van der Waals surface area contributed by atoms with E-state index in [0.29, 0.717) is 38.5 Å². The number of nitrogens with one attached hydrogen (secondary N) is 4. The van der Waals surface area contributed by atoms with E-state index < -0.39 is 167 Å². The molecule has 2 aliphatic heterocycles. The van der Waals surface area contributed by atoms with Crippen LogP contribution >= 0.6 is 11.6 Å². The Bertz CT molecular complexity index is 2550. The molecule has 5 rings (SSSR count). The van der Waals surface area contributed by atoms with Gasteiger partial charge in [-0.3, -0.25) is 52.7 Å². The Labute approximate surface area is 527 Å². The van der Waals surface area contributed by atoms with Crippen molar-refractivity contribution in [3.63, 3.8) is 0 Å². The van der Waals surface area contributed by atoms with Gasteiger partial charge in [0.2, 0.25) is 65.0 Å². The van der Waals surface area contributed by atoms with Gasteiger partial charge < -0.3 is 55.6 Å². The highest BCUT2D eigenvalue weighted by Gasteiger charge is 2.51. The standard InChI is InChI=1S/C62H100ClF4N11O11/c1-14-36(4)51-59(88)73(9)33-49(80)72(8)34-50(81)76(12)47(32-41-19-23-42(64)24-20-41)58(87)75(11)39(7)53(82)69-45(26-22-40-21-25-43(44(63)31-40)62(65,66)67)57(86)78-29-17-18-46(78)55(84)71-61(27-15-16-28-61)60(89)77(13)52(35(2)3)56(85)68-37(5)30-48(79)74(10)38(6)54(83)70-51/h35-47,51-52H,14-34H2,1-13H3,(H,68,85)(H,69,82)(H,70,83)(H,71,84)/t36-,37+,38-,39+,40?,41?,42?,43?,44?,45-,46-,47-,51-,52-/m0/s1. The number of likely N-dealkylation sites (N-methyl/N-ethyl adjacent to an activating group) is 6. The largest absolute Gasteiger partial charge is 0.393 e. The van der Waals surface area contributed by atoms with Crippen LogP contribution in [0.25, 0.3) is 0 Å². The number of alkyl halides is 5. The van der Waals surface area contributed by atoms with Crippen LogP contribution < -0.4 is 21.3 Å². The zero-order valence-corrected chi connectivity index (χ0v) is 55.3. The first-order valence-electron chi connectivity index (χ1n) is 32.0. The Hall–Kier alpha value is -5.82. The van der Waals surface area contributed by atoms with E-state index in [2.05, 4.69) is 21.3 Å². The van der Waals surface area contributed by atoms with Crippen LogP contribution in [0.3, 0.4) is 0 Å². The maximum absolute atomic E-state index is 15.1. The molecule has 1 spiro atoms. The first kappa shape index (κ1) is 73.9. The summed E-state index contributed by atoms with van der Waals surface area (Å²) in [7, 11) is 8.32. The molecule has 5 fully saturated rings. The Balaban J connectivity index is 1.53. The minimum Gasteiger partial charge on any atom is -0.351 e. The van der Waals surface area contributed by atoms with Gasteiger partial charge in [-0.25, -0.2) is 4.39 Å². The molecule has 89 heavy (non-hydrogen) atoms. The monoisotopic (exact) mass is 1290 g/mol. The van der Waals surface area contributed by atoms with Gasteiger partial charge >= 0.3 is 6.18 Å². The smallest absolute Gasteiger partial charge is 0.351 e. The first-order valence-corrected chi connectivity index (χ1v) is 32.4.